The number of aromatic nitrogens is 6. The van der Waals surface area contributed by atoms with E-state index in [1.807, 2.05) is 12.1 Å². The number of rotatable bonds is 9. The Hall–Kier alpha value is -4.07. The fourth-order valence-electron chi connectivity index (χ4n) is 2.74. The molecule has 0 aliphatic rings. The number of nitrogens with one attached hydrogen (secondary N) is 2. The zero-order chi connectivity index (χ0) is 22.2. The lowest BCUT2D eigenvalue weighted by Crippen LogP contribution is -2.23. The van der Waals surface area contributed by atoms with Crippen LogP contribution in [0, 0.1) is 12.3 Å². The number of nitrogens with zero attached hydrogens (tertiary/aromatic N) is 6. The first-order valence-corrected chi connectivity index (χ1v) is 9.48. The summed E-state index contributed by atoms with van der Waals surface area (Å²) in [6.07, 6.45) is 7.08. The van der Waals surface area contributed by atoms with E-state index in [0.717, 1.165) is 11.1 Å². The van der Waals surface area contributed by atoms with E-state index < -0.39 is 12.1 Å². The van der Waals surface area contributed by atoms with E-state index in [-0.39, 0.29) is 43.4 Å². The highest BCUT2D eigenvalue weighted by Crippen LogP contribution is 2.07. The van der Waals surface area contributed by atoms with Crippen LogP contribution in [-0.2, 0) is 19.6 Å². The summed E-state index contributed by atoms with van der Waals surface area (Å²) >= 11 is 0. The van der Waals surface area contributed by atoms with E-state index in [0.29, 0.717) is 0 Å². The second kappa shape index (κ2) is 10.1. The molecule has 0 aliphatic heterocycles. The number of aryl methyl sites for hydroxylation is 1. The van der Waals surface area contributed by atoms with E-state index in [4.69, 9.17) is 6.42 Å². The standard InChI is InChI=1S/C20H21FN8O2/c1-3-14-5-4-6-15(9-14)10-23-20(31)18-13-29(27-25-18)11-16(21)7-8-28-12-17(24-26-28)19(30)22-2/h1,4-6,9,12-13,16H,7-8,10-11H2,2H3,(H,22,30)(H,23,31). The number of alkyl halides is 1. The van der Waals surface area contributed by atoms with E-state index in [1.54, 1.807) is 12.1 Å². The minimum absolute atomic E-state index is 0.0680. The molecule has 0 fully saturated rings. The van der Waals surface area contributed by atoms with Crippen LogP contribution in [-0.4, -0.2) is 55.0 Å². The average molecular weight is 424 g/mol. The molecule has 2 heterocycles. The van der Waals surface area contributed by atoms with Crippen LogP contribution in [0.3, 0.4) is 0 Å². The molecule has 2 aromatic heterocycles. The summed E-state index contributed by atoms with van der Waals surface area (Å²) in [5.74, 6) is 1.76. The number of hydrogen-bond donors (Lipinski definition) is 2. The lowest BCUT2D eigenvalue weighted by Gasteiger charge is -2.07. The molecule has 1 aromatic carbocycles. The lowest BCUT2D eigenvalue weighted by atomic mass is 10.1. The molecule has 0 radical (unpaired) electrons. The number of carbonyl (C=O) groups excluding carboxylic acids is 2. The van der Waals surface area contributed by atoms with Crippen molar-refractivity contribution in [2.24, 2.45) is 0 Å². The lowest BCUT2D eigenvalue weighted by molar-refractivity contribution is 0.0942. The average Bonchev–Trinajstić information content (AvgIpc) is 3.45. The van der Waals surface area contributed by atoms with Gasteiger partial charge in [0.15, 0.2) is 11.4 Å². The summed E-state index contributed by atoms with van der Waals surface area (Å²) in [6.45, 7) is 0.453. The highest BCUT2D eigenvalue weighted by Gasteiger charge is 2.15. The van der Waals surface area contributed by atoms with Crippen LogP contribution < -0.4 is 10.6 Å². The Bertz CT molecular complexity index is 1100. The van der Waals surface area contributed by atoms with E-state index >= 15 is 0 Å². The summed E-state index contributed by atoms with van der Waals surface area (Å²) in [4.78, 5) is 23.7. The van der Waals surface area contributed by atoms with Gasteiger partial charge in [-0.15, -0.1) is 16.6 Å². The summed E-state index contributed by atoms with van der Waals surface area (Å²) in [5, 5.41) is 20.3. The van der Waals surface area contributed by atoms with Crippen molar-refractivity contribution in [3.63, 3.8) is 0 Å². The van der Waals surface area contributed by atoms with Crippen molar-refractivity contribution < 1.29 is 14.0 Å². The number of amides is 2. The molecule has 0 spiro atoms. The number of hydrogen-bond acceptors (Lipinski definition) is 6. The van der Waals surface area contributed by atoms with Gasteiger partial charge in [-0.2, -0.15) is 0 Å². The molecule has 160 valence electrons. The quantitative estimate of drug-likeness (QED) is 0.485. The Morgan fingerprint density at radius 1 is 1.16 bits per heavy atom. The number of carbonyl (C=O) groups is 2. The van der Waals surface area contributed by atoms with Gasteiger partial charge in [-0.05, 0) is 17.7 Å². The van der Waals surface area contributed by atoms with Gasteiger partial charge in [0, 0.05) is 32.1 Å². The van der Waals surface area contributed by atoms with Crippen LogP contribution in [0.15, 0.2) is 36.7 Å². The molecule has 0 saturated carbocycles. The Kier molecular flexibility index (Phi) is 7.05. The second-order valence-electron chi connectivity index (χ2n) is 6.69. The zero-order valence-electron chi connectivity index (χ0n) is 16.8. The van der Waals surface area contributed by atoms with E-state index in [2.05, 4.69) is 37.2 Å². The van der Waals surface area contributed by atoms with Gasteiger partial charge in [0.2, 0.25) is 0 Å². The number of benzene rings is 1. The number of terminal acetylenes is 1. The molecule has 3 rings (SSSR count). The fraction of sp³-hybridized carbons (Fsp3) is 0.300. The smallest absolute Gasteiger partial charge is 0.273 e. The Morgan fingerprint density at radius 2 is 1.87 bits per heavy atom. The Balaban J connectivity index is 1.47. The molecule has 1 atom stereocenters. The van der Waals surface area contributed by atoms with Crippen LogP contribution in [0.4, 0.5) is 4.39 Å². The van der Waals surface area contributed by atoms with Crippen LogP contribution in [0.25, 0.3) is 0 Å². The van der Waals surface area contributed by atoms with Gasteiger partial charge in [0.1, 0.15) is 6.17 Å². The molecular weight excluding hydrogens is 403 g/mol. The molecule has 0 bridgehead atoms. The maximum Gasteiger partial charge on any atom is 0.273 e. The van der Waals surface area contributed by atoms with Crippen molar-refractivity contribution >= 4 is 11.8 Å². The summed E-state index contributed by atoms with van der Waals surface area (Å²) in [5.41, 5.74) is 1.83. The van der Waals surface area contributed by atoms with Gasteiger partial charge < -0.3 is 10.6 Å². The maximum atomic E-state index is 14.3. The molecule has 10 nitrogen and oxygen atoms in total. The Labute approximate surface area is 177 Å². The molecule has 0 aliphatic carbocycles. The van der Waals surface area contributed by atoms with Crippen LogP contribution in [0.2, 0.25) is 0 Å². The topological polar surface area (TPSA) is 120 Å². The van der Waals surface area contributed by atoms with Gasteiger partial charge in [0.25, 0.3) is 11.8 Å². The molecule has 3 aromatic rings. The molecule has 31 heavy (non-hydrogen) atoms. The largest absolute Gasteiger partial charge is 0.354 e. The van der Waals surface area contributed by atoms with Gasteiger partial charge in [0.05, 0.1) is 18.9 Å². The van der Waals surface area contributed by atoms with Crippen molar-refractivity contribution in [3.05, 3.63) is 59.2 Å². The molecular formula is C20H21FN8O2. The fourth-order valence-corrected chi connectivity index (χ4v) is 2.74. The van der Waals surface area contributed by atoms with Crippen molar-refractivity contribution in [1.82, 2.24) is 40.6 Å². The Morgan fingerprint density at radius 3 is 2.61 bits per heavy atom. The predicted octanol–water partition coefficient (Wildman–Crippen LogP) is 0.569. The van der Waals surface area contributed by atoms with Gasteiger partial charge in [-0.3, -0.25) is 14.3 Å². The minimum Gasteiger partial charge on any atom is -0.354 e. The highest BCUT2D eigenvalue weighted by atomic mass is 19.1. The zero-order valence-corrected chi connectivity index (χ0v) is 16.8. The van der Waals surface area contributed by atoms with E-state index in [1.165, 1.54) is 28.8 Å². The third kappa shape index (κ3) is 5.96. The molecule has 2 amide bonds. The third-order valence-electron chi connectivity index (χ3n) is 4.37. The molecule has 11 heteroatoms. The first kappa shape index (κ1) is 21.6. The van der Waals surface area contributed by atoms with Gasteiger partial charge in [-0.1, -0.05) is 28.5 Å². The van der Waals surface area contributed by atoms with Gasteiger partial charge in [-0.25, -0.2) is 9.07 Å². The van der Waals surface area contributed by atoms with Crippen molar-refractivity contribution in [1.29, 1.82) is 0 Å². The predicted molar refractivity (Wildman–Crippen MR) is 108 cm³/mol. The summed E-state index contributed by atoms with van der Waals surface area (Å²) in [6, 6.07) is 7.26. The molecule has 2 N–H and O–H groups in total. The van der Waals surface area contributed by atoms with Crippen LogP contribution in [0.5, 0.6) is 0 Å². The van der Waals surface area contributed by atoms with Crippen molar-refractivity contribution in [2.45, 2.75) is 32.2 Å². The second-order valence-corrected chi connectivity index (χ2v) is 6.69. The first-order chi connectivity index (χ1) is 15.0. The van der Waals surface area contributed by atoms with E-state index in [9.17, 15) is 14.0 Å². The van der Waals surface area contributed by atoms with Crippen molar-refractivity contribution in [3.8, 4) is 12.3 Å². The first-order valence-electron chi connectivity index (χ1n) is 9.48. The van der Waals surface area contributed by atoms with Crippen LogP contribution in [0.1, 0.15) is 38.5 Å². The van der Waals surface area contributed by atoms with Gasteiger partial charge >= 0.3 is 0 Å². The van der Waals surface area contributed by atoms with Crippen molar-refractivity contribution in [2.75, 3.05) is 7.05 Å². The monoisotopic (exact) mass is 424 g/mol. The number of halogens is 1. The molecule has 1 unspecified atom stereocenters. The summed E-state index contributed by atoms with van der Waals surface area (Å²) < 4.78 is 17.0. The molecule has 0 saturated heterocycles. The van der Waals surface area contributed by atoms with Crippen LogP contribution >= 0.6 is 0 Å². The SMILES string of the molecule is C#Cc1cccc(CNC(=O)c2cn(CC(F)CCn3cc(C(=O)NC)nn3)nn2)c1. The maximum absolute atomic E-state index is 14.3. The highest BCUT2D eigenvalue weighted by molar-refractivity contribution is 5.92. The summed E-state index contributed by atoms with van der Waals surface area (Å²) in [7, 11) is 1.49. The third-order valence-corrected chi connectivity index (χ3v) is 4.37. The normalized spacial score (nSPS) is 11.5. The minimum atomic E-state index is -1.25.